The zero-order chi connectivity index (χ0) is 27.4. The number of nitrogens with two attached hydrogens (primary N) is 1. The fourth-order valence-electron chi connectivity index (χ4n) is 3.53. The van der Waals surface area contributed by atoms with E-state index in [0.717, 1.165) is 12.1 Å². The molecule has 0 spiro atoms. The third kappa shape index (κ3) is 6.08. The summed E-state index contributed by atoms with van der Waals surface area (Å²) in [6, 6.07) is 18.8. The highest BCUT2D eigenvalue weighted by molar-refractivity contribution is 9.10. The molecule has 13 heteroatoms. The number of benzene rings is 3. The SMILES string of the molecule is NS(=O)(=O)c1ccccc1-c1ccc(C(=O)Nc2cc([N+](=O)[O-])ccc2C(=O)Nc2ccc(Br)cn2)cc1. The van der Waals surface area contributed by atoms with Crippen LogP contribution in [-0.2, 0) is 10.0 Å². The maximum absolute atomic E-state index is 13.0. The fourth-order valence-corrected chi connectivity index (χ4v) is 4.52. The van der Waals surface area contributed by atoms with E-state index < -0.39 is 26.8 Å². The Bertz CT molecular complexity index is 1660. The summed E-state index contributed by atoms with van der Waals surface area (Å²) in [6.45, 7) is 0. The Balaban J connectivity index is 1.61. The lowest BCUT2D eigenvalue weighted by Gasteiger charge is -2.12. The summed E-state index contributed by atoms with van der Waals surface area (Å²) in [5.74, 6) is -1.04. The third-order valence-corrected chi connectivity index (χ3v) is 6.77. The van der Waals surface area contributed by atoms with Gasteiger partial charge in [0, 0.05) is 33.9 Å². The Labute approximate surface area is 225 Å². The Morgan fingerprint density at radius 1 is 0.921 bits per heavy atom. The zero-order valence-electron chi connectivity index (χ0n) is 19.3. The van der Waals surface area contributed by atoms with Crippen molar-refractivity contribution in [2.75, 3.05) is 10.6 Å². The lowest BCUT2D eigenvalue weighted by atomic mass is 10.0. The molecular formula is C25H18BrN5O6S. The first kappa shape index (κ1) is 26.6. The molecule has 4 N–H and O–H groups in total. The van der Waals surface area contributed by atoms with Crippen LogP contribution >= 0.6 is 15.9 Å². The number of rotatable bonds is 7. The van der Waals surface area contributed by atoms with Crippen molar-refractivity contribution in [1.82, 2.24) is 4.98 Å². The number of amides is 2. The minimum atomic E-state index is -3.98. The van der Waals surface area contributed by atoms with Crippen molar-refractivity contribution in [1.29, 1.82) is 0 Å². The molecule has 38 heavy (non-hydrogen) atoms. The molecule has 0 saturated carbocycles. The molecule has 2 amide bonds. The van der Waals surface area contributed by atoms with Crippen LogP contribution < -0.4 is 15.8 Å². The predicted molar refractivity (Wildman–Crippen MR) is 144 cm³/mol. The number of carbonyl (C=O) groups excluding carboxylic acids is 2. The number of sulfonamides is 1. The monoisotopic (exact) mass is 595 g/mol. The maximum atomic E-state index is 13.0. The van der Waals surface area contributed by atoms with Gasteiger partial charge in [-0.3, -0.25) is 19.7 Å². The quantitative estimate of drug-likeness (QED) is 0.207. The van der Waals surface area contributed by atoms with Gasteiger partial charge in [-0.15, -0.1) is 0 Å². The Kier molecular flexibility index (Phi) is 7.62. The molecule has 0 atom stereocenters. The highest BCUT2D eigenvalue weighted by atomic mass is 79.9. The van der Waals surface area contributed by atoms with E-state index in [-0.39, 0.29) is 33.2 Å². The number of non-ortho nitro benzene ring substituents is 1. The second-order valence-corrected chi connectivity index (χ2v) is 10.3. The number of nitro groups is 1. The summed E-state index contributed by atoms with van der Waals surface area (Å²) < 4.78 is 24.6. The predicted octanol–water partition coefficient (Wildman–Crippen LogP) is 4.57. The highest BCUT2D eigenvalue weighted by Crippen LogP contribution is 2.28. The molecule has 192 valence electrons. The molecule has 4 aromatic rings. The van der Waals surface area contributed by atoms with Gasteiger partial charge in [-0.05, 0) is 57.9 Å². The van der Waals surface area contributed by atoms with E-state index in [1.165, 1.54) is 30.5 Å². The van der Waals surface area contributed by atoms with Crippen molar-refractivity contribution in [3.63, 3.8) is 0 Å². The molecule has 4 rings (SSSR count). The van der Waals surface area contributed by atoms with Crippen molar-refractivity contribution < 1.29 is 22.9 Å². The normalized spacial score (nSPS) is 11.0. The van der Waals surface area contributed by atoms with Crippen LogP contribution in [0.4, 0.5) is 17.2 Å². The minimum Gasteiger partial charge on any atom is -0.321 e. The van der Waals surface area contributed by atoms with E-state index in [2.05, 4.69) is 31.5 Å². The maximum Gasteiger partial charge on any atom is 0.271 e. The minimum absolute atomic E-state index is 0.0210. The van der Waals surface area contributed by atoms with Gasteiger partial charge in [0.15, 0.2) is 0 Å². The average molecular weight is 596 g/mol. The first-order valence-electron chi connectivity index (χ1n) is 10.8. The smallest absolute Gasteiger partial charge is 0.271 e. The fraction of sp³-hybridized carbons (Fsp3) is 0. The molecule has 0 aliphatic heterocycles. The number of anilines is 2. The van der Waals surface area contributed by atoms with E-state index in [4.69, 9.17) is 5.14 Å². The van der Waals surface area contributed by atoms with Crippen LogP contribution in [0.25, 0.3) is 11.1 Å². The molecule has 0 unspecified atom stereocenters. The first-order valence-corrected chi connectivity index (χ1v) is 13.1. The number of nitro benzene ring substituents is 1. The number of carbonyl (C=O) groups is 2. The number of primary sulfonamides is 1. The van der Waals surface area contributed by atoms with E-state index in [1.807, 2.05) is 0 Å². The molecule has 0 aliphatic carbocycles. The van der Waals surface area contributed by atoms with Crippen LogP contribution in [0.2, 0.25) is 0 Å². The second kappa shape index (κ2) is 10.9. The largest absolute Gasteiger partial charge is 0.321 e. The number of nitrogens with zero attached hydrogens (tertiary/aromatic N) is 2. The standard InChI is InChI=1S/C25H18BrN5O6S/c26-17-9-12-23(28-14-17)30-25(33)20-11-10-18(31(34)35)13-21(20)29-24(32)16-7-5-15(6-8-16)19-3-1-2-4-22(19)38(27,36)37/h1-14H,(H,29,32)(H2,27,36,37)(H,28,30,33). The second-order valence-electron chi connectivity index (χ2n) is 7.88. The molecule has 0 fully saturated rings. The van der Waals surface area contributed by atoms with Crippen LogP contribution in [0.5, 0.6) is 0 Å². The molecule has 1 aromatic heterocycles. The van der Waals surface area contributed by atoms with Crippen molar-refractivity contribution in [2.45, 2.75) is 4.90 Å². The molecule has 0 radical (unpaired) electrons. The van der Waals surface area contributed by atoms with Crippen molar-refractivity contribution in [3.05, 3.63) is 111 Å². The van der Waals surface area contributed by atoms with Gasteiger partial charge in [-0.25, -0.2) is 18.5 Å². The molecular weight excluding hydrogens is 578 g/mol. The average Bonchev–Trinajstić information content (AvgIpc) is 2.89. The van der Waals surface area contributed by atoms with Crippen LogP contribution in [0, 0.1) is 10.1 Å². The van der Waals surface area contributed by atoms with Crippen LogP contribution in [0.15, 0.2) is 94.4 Å². The van der Waals surface area contributed by atoms with E-state index >= 15 is 0 Å². The number of hydrogen-bond acceptors (Lipinski definition) is 7. The molecule has 0 bridgehead atoms. The van der Waals surface area contributed by atoms with Crippen molar-refractivity contribution in [2.24, 2.45) is 5.14 Å². The van der Waals surface area contributed by atoms with Gasteiger partial charge in [-0.2, -0.15) is 0 Å². The third-order valence-electron chi connectivity index (χ3n) is 5.33. The summed E-state index contributed by atoms with van der Waals surface area (Å²) in [6.07, 6.45) is 1.49. The number of nitrogens with one attached hydrogen (secondary N) is 2. The summed E-state index contributed by atoms with van der Waals surface area (Å²) in [5.41, 5.74) is 0.599. The van der Waals surface area contributed by atoms with Gasteiger partial charge in [0.25, 0.3) is 17.5 Å². The van der Waals surface area contributed by atoms with Crippen LogP contribution in [-0.4, -0.2) is 30.1 Å². The highest BCUT2D eigenvalue weighted by Gasteiger charge is 2.20. The summed E-state index contributed by atoms with van der Waals surface area (Å²) in [7, 11) is -3.98. The van der Waals surface area contributed by atoms with E-state index in [1.54, 1.807) is 42.5 Å². The lowest BCUT2D eigenvalue weighted by Crippen LogP contribution is -2.19. The Morgan fingerprint density at radius 2 is 1.63 bits per heavy atom. The number of hydrogen-bond donors (Lipinski definition) is 3. The molecule has 0 aliphatic rings. The van der Waals surface area contributed by atoms with Crippen LogP contribution in [0.3, 0.4) is 0 Å². The number of halogens is 1. The van der Waals surface area contributed by atoms with Gasteiger partial charge in [0.2, 0.25) is 10.0 Å². The van der Waals surface area contributed by atoms with E-state index in [9.17, 15) is 28.1 Å². The van der Waals surface area contributed by atoms with Gasteiger partial charge in [-0.1, -0.05) is 30.3 Å². The van der Waals surface area contributed by atoms with Gasteiger partial charge < -0.3 is 10.6 Å². The lowest BCUT2D eigenvalue weighted by molar-refractivity contribution is -0.384. The molecule has 11 nitrogen and oxygen atoms in total. The summed E-state index contributed by atoms with van der Waals surface area (Å²) in [5, 5.41) is 21.7. The van der Waals surface area contributed by atoms with Gasteiger partial charge in [0.05, 0.1) is 21.1 Å². The molecule has 1 heterocycles. The van der Waals surface area contributed by atoms with E-state index in [0.29, 0.717) is 15.6 Å². The van der Waals surface area contributed by atoms with Gasteiger partial charge in [0.1, 0.15) is 5.82 Å². The van der Waals surface area contributed by atoms with Crippen molar-refractivity contribution in [3.8, 4) is 11.1 Å². The van der Waals surface area contributed by atoms with Crippen LogP contribution in [0.1, 0.15) is 20.7 Å². The van der Waals surface area contributed by atoms with Gasteiger partial charge >= 0.3 is 0 Å². The topological polar surface area (TPSA) is 174 Å². The molecule has 3 aromatic carbocycles. The Hall–Kier alpha value is -4.46. The number of aromatic nitrogens is 1. The Morgan fingerprint density at radius 3 is 2.26 bits per heavy atom. The summed E-state index contributed by atoms with van der Waals surface area (Å²) in [4.78, 5) is 40.5. The summed E-state index contributed by atoms with van der Waals surface area (Å²) >= 11 is 3.25. The molecule has 0 saturated heterocycles. The first-order chi connectivity index (χ1) is 18.0. The number of pyridine rings is 1. The van der Waals surface area contributed by atoms with Crippen molar-refractivity contribution >= 4 is 55.0 Å². The zero-order valence-corrected chi connectivity index (χ0v) is 21.7.